The van der Waals surface area contributed by atoms with E-state index >= 15 is 0 Å². The van der Waals surface area contributed by atoms with E-state index in [0.717, 1.165) is 76.9 Å². The standard InChI is InChI=1S/C40H24N4O/c1-3-13-25(14-4-1)37-36-30-23-24-34-35(29-19-9-12-22-33(29)43(34)26-15-5-2-6-16-26)38(30)45-39(36)42-40(41-37)44-31-20-10-7-17-27(31)28-18-8-11-21-32(28)44/h1-24H. The summed E-state index contributed by atoms with van der Waals surface area (Å²) in [4.78, 5) is 10.5. The molecule has 10 rings (SSSR count). The summed E-state index contributed by atoms with van der Waals surface area (Å²) < 4.78 is 11.3. The second kappa shape index (κ2) is 9.15. The Bertz CT molecular complexity index is 2700. The van der Waals surface area contributed by atoms with Crippen LogP contribution in [0.2, 0.25) is 0 Å². The van der Waals surface area contributed by atoms with E-state index in [1.54, 1.807) is 0 Å². The summed E-state index contributed by atoms with van der Waals surface area (Å²) in [5.74, 6) is 0.584. The molecular weight excluding hydrogens is 552 g/mol. The molecule has 10 aromatic rings. The molecule has 0 aliphatic rings. The minimum absolute atomic E-state index is 0.569. The van der Waals surface area contributed by atoms with E-state index in [1.807, 2.05) is 12.1 Å². The number of fused-ring (bicyclic) bond motifs is 10. The van der Waals surface area contributed by atoms with Gasteiger partial charge < -0.3 is 8.98 Å². The van der Waals surface area contributed by atoms with E-state index in [9.17, 15) is 0 Å². The normalized spacial score (nSPS) is 12.0. The highest BCUT2D eigenvalue weighted by Crippen LogP contribution is 2.43. The number of rotatable bonds is 3. The highest BCUT2D eigenvalue weighted by molar-refractivity contribution is 6.25. The van der Waals surface area contributed by atoms with Gasteiger partial charge in [-0.05, 0) is 42.5 Å². The van der Waals surface area contributed by atoms with Gasteiger partial charge in [0.05, 0.1) is 38.5 Å². The minimum Gasteiger partial charge on any atom is -0.437 e. The summed E-state index contributed by atoms with van der Waals surface area (Å²) in [5, 5.41) is 6.46. The predicted molar refractivity (Wildman–Crippen MR) is 183 cm³/mol. The average Bonchev–Trinajstić information content (AvgIpc) is 3.76. The maximum Gasteiger partial charge on any atom is 0.238 e. The van der Waals surface area contributed by atoms with Gasteiger partial charge in [-0.15, -0.1) is 0 Å². The summed E-state index contributed by atoms with van der Waals surface area (Å²) in [6.45, 7) is 0. The van der Waals surface area contributed by atoms with Crippen molar-refractivity contribution in [1.29, 1.82) is 0 Å². The molecule has 0 aliphatic carbocycles. The summed E-state index contributed by atoms with van der Waals surface area (Å²) in [6.07, 6.45) is 0. The number of hydrogen-bond donors (Lipinski definition) is 0. The highest BCUT2D eigenvalue weighted by atomic mass is 16.3. The predicted octanol–water partition coefficient (Wildman–Crippen LogP) is 10.2. The Balaban J connectivity index is 1.36. The summed E-state index contributed by atoms with van der Waals surface area (Å²) in [5.41, 5.74) is 8.70. The molecule has 0 atom stereocenters. The van der Waals surface area contributed by atoms with Crippen LogP contribution in [-0.4, -0.2) is 19.1 Å². The van der Waals surface area contributed by atoms with Crippen molar-refractivity contribution < 1.29 is 4.42 Å². The van der Waals surface area contributed by atoms with Gasteiger partial charge in [-0.2, -0.15) is 4.98 Å². The number of hydrogen-bond acceptors (Lipinski definition) is 3. The fourth-order valence-electron chi connectivity index (χ4n) is 7.07. The molecule has 6 aromatic carbocycles. The van der Waals surface area contributed by atoms with Gasteiger partial charge in [0.25, 0.3) is 0 Å². The van der Waals surface area contributed by atoms with Crippen molar-refractivity contribution in [3.8, 4) is 22.9 Å². The maximum atomic E-state index is 6.87. The SMILES string of the molecule is c1ccc(-c2nc(-n3c4ccccc4c4ccccc43)nc3oc4c(ccc5c4c4ccccc4n5-c4ccccc4)c23)cc1. The van der Waals surface area contributed by atoms with Crippen LogP contribution in [0.15, 0.2) is 150 Å². The zero-order chi connectivity index (χ0) is 29.5. The van der Waals surface area contributed by atoms with Gasteiger partial charge in [0, 0.05) is 32.8 Å². The molecule has 0 saturated heterocycles. The first-order chi connectivity index (χ1) is 22.3. The number of aromatic nitrogens is 4. The highest BCUT2D eigenvalue weighted by Gasteiger charge is 2.24. The van der Waals surface area contributed by atoms with Crippen LogP contribution in [0.4, 0.5) is 0 Å². The Kier molecular flexibility index (Phi) is 4.93. The van der Waals surface area contributed by atoms with E-state index in [1.165, 1.54) is 0 Å². The molecule has 0 unspecified atom stereocenters. The van der Waals surface area contributed by atoms with Gasteiger partial charge in [0.15, 0.2) is 0 Å². The lowest BCUT2D eigenvalue weighted by Gasteiger charge is -2.09. The second-order valence-corrected chi connectivity index (χ2v) is 11.4. The van der Waals surface area contributed by atoms with Crippen LogP contribution in [0.5, 0.6) is 0 Å². The maximum absolute atomic E-state index is 6.87. The molecule has 0 radical (unpaired) electrons. The van der Waals surface area contributed by atoms with Crippen LogP contribution in [-0.2, 0) is 0 Å². The van der Waals surface area contributed by atoms with E-state index in [4.69, 9.17) is 14.4 Å². The average molecular weight is 577 g/mol. The third kappa shape index (κ3) is 3.38. The van der Waals surface area contributed by atoms with E-state index in [2.05, 4.69) is 143 Å². The van der Waals surface area contributed by atoms with Crippen molar-refractivity contribution >= 4 is 65.7 Å². The summed E-state index contributed by atoms with van der Waals surface area (Å²) >= 11 is 0. The minimum atomic E-state index is 0.569. The molecule has 0 spiro atoms. The zero-order valence-electron chi connectivity index (χ0n) is 24.1. The van der Waals surface area contributed by atoms with Gasteiger partial charge in [0.2, 0.25) is 11.7 Å². The van der Waals surface area contributed by atoms with Crippen LogP contribution in [0.1, 0.15) is 0 Å². The van der Waals surface area contributed by atoms with E-state index in [0.29, 0.717) is 11.7 Å². The molecule has 45 heavy (non-hydrogen) atoms. The molecule has 0 amide bonds. The van der Waals surface area contributed by atoms with Gasteiger partial charge >= 0.3 is 0 Å². The van der Waals surface area contributed by atoms with Gasteiger partial charge in [-0.1, -0.05) is 103 Å². The summed E-state index contributed by atoms with van der Waals surface area (Å²) in [7, 11) is 0. The Labute approximate surface area is 257 Å². The Morgan fingerprint density at radius 1 is 0.422 bits per heavy atom. The van der Waals surface area contributed by atoms with Gasteiger partial charge in [-0.3, -0.25) is 4.57 Å². The molecule has 0 aliphatic heterocycles. The molecule has 0 saturated carbocycles. The third-order valence-corrected chi connectivity index (χ3v) is 8.96. The van der Waals surface area contributed by atoms with Crippen LogP contribution >= 0.6 is 0 Å². The van der Waals surface area contributed by atoms with Crippen molar-refractivity contribution in [3.63, 3.8) is 0 Å². The lowest BCUT2D eigenvalue weighted by atomic mass is 10.0. The quantitative estimate of drug-likeness (QED) is 0.210. The third-order valence-electron chi connectivity index (χ3n) is 8.96. The largest absolute Gasteiger partial charge is 0.437 e. The van der Waals surface area contributed by atoms with Gasteiger partial charge in [-0.25, -0.2) is 4.98 Å². The Morgan fingerprint density at radius 2 is 1.00 bits per heavy atom. The fourth-order valence-corrected chi connectivity index (χ4v) is 7.07. The van der Waals surface area contributed by atoms with Gasteiger partial charge in [0.1, 0.15) is 5.58 Å². The monoisotopic (exact) mass is 576 g/mol. The molecule has 0 bridgehead atoms. The van der Waals surface area contributed by atoms with E-state index < -0.39 is 0 Å². The molecule has 5 nitrogen and oxygen atoms in total. The Morgan fingerprint density at radius 3 is 1.69 bits per heavy atom. The van der Waals surface area contributed by atoms with Crippen LogP contribution in [0.25, 0.3) is 88.6 Å². The van der Waals surface area contributed by atoms with Crippen LogP contribution < -0.4 is 0 Å². The number of para-hydroxylation sites is 4. The molecule has 210 valence electrons. The zero-order valence-corrected chi connectivity index (χ0v) is 24.1. The van der Waals surface area contributed by atoms with Crippen molar-refractivity contribution in [2.75, 3.05) is 0 Å². The first-order valence-corrected chi connectivity index (χ1v) is 15.1. The lowest BCUT2D eigenvalue weighted by Crippen LogP contribution is -2.02. The van der Waals surface area contributed by atoms with E-state index in [-0.39, 0.29) is 0 Å². The topological polar surface area (TPSA) is 48.8 Å². The lowest BCUT2D eigenvalue weighted by molar-refractivity contribution is 0.655. The smallest absolute Gasteiger partial charge is 0.238 e. The molecule has 4 heterocycles. The molecule has 0 N–H and O–H groups in total. The van der Waals surface area contributed by atoms with Crippen molar-refractivity contribution in [1.82, 2.24) is 19.1 Å². The van der Waals surface area contributed by atoms with Crippen molar-refractivity contribution in [3.05, 3.63) is 146 Å². The number of furan rings is 1. The van der Waals surface area contributed by atoms with Crippen LogP contribution in [0, 0.1) is 0 Å². The fraction of sp³-hybridized carbons (Fsp3) is 0. The van der Waals surface area contributed by atoms with Crippen molar-refractivity contribution in [2.24, 2.45) is 0 Å². The molecule has 0 fully saturated rings. The molecule has 4 aromatic heterocycles. The number of nitrogens with zero attached hydrogens (tertiary/aromatic N) is 4. The molecule has 5 heteroatoms. The van der Waals surface area contributed by atoms with Crippen LogP contribution in [0.3, 0.4) is 0 Å². The Hall–Kier alpha value is -6.20. The first kappa shape index (κ1) is 24.3. The number of benzene rings is 6. The summed E-state index contributed by atoms with van der Waals surface area (Å²) in [6, 6.07) is 50.6. The first-order valence-electron chi connectivity index (χ1n) is 15.1. The second-order valence-electron chi connectivity index (χ2n) is 11.4. The molecular formula is C40H24N4O. The van der Waals surface area contributed by atoms with Crippen molar-refractivity contribution in [2.45, 2.75) is 0 Å².